The van der Waals surface area contributed by atoms with Crippen LogP contribution in [-0.4, -0.2) is 35.2 Å². The van der Waals surface area contributed by atoms with E-state index in [1.165, 1.54) is 64.2 Å². The van der Waals surface area contributed by atoms with Crippen molar-refractivity contribution in [3.05, 3.63) is 12.2 Å². The summed E-state index contributed by atoms with van der Waals surface area (Å²) in [6, 6.07) is 0. The van der Waals surface area contributed by atoms with E-state index in [0.717, 1.165) is 25.7 Å². The lowest BCUT2D eigenvalue weighted by atomic mass is 9.99. The lowest BCUT2D eigenvalue weighted by Gasteiger charge is -2.25. The van der Waals surface area contributed by atoms with Crippen LogP contribution in [0.1, 0.15) is 137 Å². The molecule has 1 unspecified atom stereocenters. The van der Waals surface area contributed by atoms with Crippen molar-refractivity contribution in [3.63, 3.8) is 0 Å². The van der Waals surface area contributed by atoms with E-state index in [1.54, 1.807) is 6.08 Å². The number of amides is 1. The minimum atomic E-state index is -0.594. The highest BCUT2D eigenvalue weighted by molar-refractivity contribution is 5.81. The number of carbonyl (C=O) groups is 2. The molecule has 0 aliphatic heterocycles. The van der Waals surface area contributed by atoms with E-state index in [2.05, 4.69) is 19.2 Å². The first-order valence-corrected chi connectivity index (χ1v) is 13.6. The van der Waals surface area contributed by atoms with E-state index < -0.39 is 12.1 Å². The molecule has 0 fully saturated rings. The van der Waals surface area contributed by atoms with Gasteiger partial charge < -0.3 is 15.2 Å². The Morgan fingerprint density at radius 1 is 0.879 bits per heavy atom. The SMILES string of the molecule is CCCCCCCCCCCCC/C=C/C(O)CCOC(=O)CCC(=O)NC(C)(C)CCC. The number of hydrogen-bond acceptors (Lipinski definition) is 4. The molecule has 0 aromatic carbocycles. The second-order valence-corrected chi connectivity index (χ2v) is 10.0. The number of aliphatic hydroxyl groups is 1. The summed E-state index contributed by atoms with van der Waals surface area (Å²) in [6.07, 6.45) is 21.4. The number of allylic oxidation sites excluding steroid dienone is 1. The van der Waals surface area contributed by atoms with E-state index in [1.807, 2.05) is 19.9 Å². The summed E-state index contributed by atoms with van der Waals surface area (Å²) in [5, 5.41) is 12.9. The lowest BCUT2D eigenvalue weighted by molar-refractivity contribution is -0.145. The third-order valence-electron chi connectivity index (χ3n) is 5.92. The van der Waals surface area contributed by atoms with Crippen LogP contribution in [-0.2, 0) is 14.3 Å². The molecule has 1 atom stereocenters. The zero-order valence-electron chi connectivity index (χ0n) is 22.1. The van der Waals surface area contributed by atoms with Crippen LogP contribution < -0.4 is 5.32 Å². The molecule has 2 N–H and O–H groups in total. The molecule has 0 aliphatic carbocycles. The van der Waals surface area contributed by atoms with Crippen molar-refractivity contribution in [2.75, 3.05) is 6.61 Å². The van der Waals surface area contributed by atoms with Crippen LogP contribution in [0.3, 0.4) is 0 Å². The first-order chi connectivity index (χ1) is 15.8. The van der Waals surface area contributed by atoms with Gasteiger partial charge in [-0.25, -0.2) is 0 Å². The molecule has 0 radical (unpaired) electrons. The molecule has 0 saturated carbocycles. The van der Waals surface area contributed by atoms with Gasteiger partial charge in [0.05, 0.1) is 19.1 Å². The third kappa shape index (κ3) is 22.2. The Kier molecular flexibility index (Phi) is 20.3. The molecule has 0 spiro atoms. The number of esters is 1. The van der Waals surface area contributed by atoms with Gasteiger partial charge in [0.1, 0.15) is 0 Å². The van der Waals surface area contributed by atoms with E-state index >= 15 is 0 Å². The molecule has 194 valence electrons. The smallest absolute Gasteiger partial charge is 0.306 e. The summed E-state index contributed by atoms with van der Waals surface area (Å²) in [7, 11) is 0. The Labute approximate surface area is 204 Å². The van der Waals surface area contributed by atoms with Crippen LogP contribution in [0.4, 0.5) is 0 Å². The van der Waals surface area contributed by atoms with Crippen molar-refractivity contribution in [1.82, 2.24) is 5.32 Å². The Bertz CT molecular complexity index is 516. The van der Waals surface area contributed by atoms with Crippen molar-refractivity contribution >= 4 is 11.9 Å². The monoisotopic (exact) mass is 467 g/mol. The average Bonchev–Trinajstić information content (AvgIpc) is 2.75. The Morgan fingerprint density at radius 3 is 2.03 bits per heavy atom. The number of nitrogens with one attached hydrogen (secondary N) is 1. The van der Waals surface area contributed by atoms with Gasteiger partial charge in [0, 0.05) is 18.4 Å². The largest absolute Gasteiger partial charge is 0.466 e. The maximum atomic E-state index is 12.0. The summed E-state index contributed by atoms with van der Waals surface area (Å²) in [5.41, 5.74) is -0.250. The van der Waals surface area contributed by atoms with Crippen molar-refractivity contribution < 1.29 is 19.4 Å². The molecule has 5 nitrogen and oxygen atoms in total. The fraction of sp³-hybridized carbons (Fsp3) is 0.857. The average molecular weight is 468 g/mol. The van der Waals surface area contributed by atoms with Gasteiger partial charge >= 0.3 is 5.97 Å². The summed E-state index contributed by atoms with van der Waals surface area (Å²) in [4.78, 5) is 23.8. The third-order valence-corrected chi connectivity index (χ3v) is 5.92. The topological polar surface area (TPSA) is 75.6 Å². The van der Waals surface area contributed by atoms with E-state index in [9.17, 15) is 14.7 Å². The number of unbranched alkanes of at least 4 members (excludes halogenated alkanes) is 11. The van der Waals surface area contributed by atoms with Crippen molar-refractivity contribution in [2.24, 2.45) is 0 Å². The molecular weight excluding hydrogens is 414 g/mol. The quantitative estimate of drug-likeness (QED) is 0.102. The normalized spacial score (nSPS) is 12.8. The van der Waals surface area contributed by atoms with Crippen molar-refractivity contribution in [2.45, 2.75) is 148 Å². The molecule has 1 amide bonds. The van der Waals surface area contributed by atoms with Gasteiger partial charge in [-0.1, -0.05) is 96.6 Å². The summed E-state index contributed by atoms with van der Waals surface area (Å²) in [5.74, 6) is -0.522. The van der Waals surface area contributed by atoms with Crippen molar-refractivity contribution in [1.29, 1.82) is 0 Å². The number of carbonyl (C=O) groups excluding carboxylic acids is 2. The highest BCUT2D eigenvalue weighted by Gasteiger charge is 2.19. The molecule has 0 aromatic heterocycles. The summed E-state index contributed by atoms with van der Waals surface area (Å²) < 4.78 is 5.15. The first kappa shape index (κ1) is 31.6. The first-order valence-electron chi connectivity index (χ1n) is 13.6. The van der Waals surface area contributed by atoms with Crippen LogP contribution in [0.25, 0.3) is 0 Å². The maximum absolute atomic E-state index is 12.0. The van der Waals surface area contributed by atoms with Gasteiger partial charge in [0.15, 0.2) is 0 Å². The Hall–Kier alpha value is -1.36. The molecule has 0 bridgehead atoms. The minimum absolute atomic E-state index is 0.0683. The van der Waals surface area contributed by atoms with Crippen LogP contribution >= 0.6 is 0 Å². The predicted octanol–water partition coefficient (Wildman–Crippen LogP) is 7.01. The Balaban J connectivity index is 3.60. The van der Waals surface area contributed by atoms with Gasteiger partial charge in [-0.2, -0.15) is 0 Å². The van der Waals surface area contributed by atoms with Crippen LogP contribution in [0.15, 0.2) is 12.2 Å². The van der Waals surface area contributed by atoms with Gasteiger partial charge in [-0.3, -0.25) is 9.59 Å². The molecule has 0 aromatic rings. The number of aliphatic hydroxyl groups excluding tert-OH is 1. The minimum Gasteiger partial charge on any atom is -0.466 e. The molecule has 0 saturated heterocycles. The molecule has 5 heteroatoms. The van der Waals surface area contributed by atoms with Gasteiger partial charge in [-0.15, -0.1) is 0 Å². The Morgan fingerprint density at radius 2 is 1.45 bits per heavy atom. The molecular formula is C28H53NO4. The number of hydrogen-bond donors (Lipinski definition) is 2. The maximum Gasteiger partial charge on any atom is 0.306 e. The summed E-state index contributed by atoms with van der Waals surface area (Å²) in [6.45, 7) is 8.48. The standard InChI is InChI=1S/C28H53NO4/c1-5-7-8-9-10-11-12-13-14-15-16-17-18-19-25(30)22-24-33-27(32)21-20-26(31)29-28(3,4)23-6-2/h18-19,25,30H,5-17,20-24H2,1-4H3,(H,29,31)/b19-18+. The molecule has 33 heavy (non-hydrogen) atoms. The zero-order chi connectivity index (χ0) is 24.8. The van der Waals surface area contributed by atoms with E-state index in [4.69, 9.17) is 4.74 Å². The van der Waals surface area contributed by atoms with Gasteiger partial charge in [0.2, 0.25) is 5.91 Å². The highest BCUT2D eigenvalue weighted by atomic mass is 16.5. The van der Waals surface area contributed by atoms with E-state index in [-0.39, 0.29) is 30.9 Å². The molecule has 0 heterocycles. The number of rotatable bonds is 22. The van der Waals surface area contributed by atoms with Crippen LogP contribution in [0, 0.1) is 0 Å². The summed E-state index contributed by atoms with van der Waals surface area (Å²) >= 11 is 0. The second kappa shape index (κ2) is 21.2. The van der Waals surface area contributed by atoms with Crippen LogP contribution in [0.2, 0.25) is 0 Å². The predicted molar refractivity (Wildman–Crippen MR) is 138 cm³/mol. The fourth-order valence-electron chi connectivity index (χ4n) is 3.98. The van der Waals surface area contributed by atoms with Gasteiger partial charge in [0.25, 0.3) is 0 Å². The van der Waals surface area contributed by atoms with Crippen molar-refractivity contribution in [3.8, 4) is 0 Å². The van der Waals surface area contributed by atoms with E-state index in [0.29, 0.717) is 6.42 Å². The van der Waals surface area contributed by atoms with Gasteiger partial charge in [-0.05, 0) is 33.1 Å². The molecule has 0 rings (SSSR count). The fourth-order valence-corrected chi connectivity index (χ4v) is 3.98. The molecule has 0 aliphatic rings. The lowest BCUT2D eigenvalue weighted by Crippen LogP contribution is -2.43. The highest BCUT2D eigenvalue weighted by Crippen LogP contribution is 2.13. The second-order valence-electron chi connectivity index (χ2n) is 10.0. The number of ether oxygens (including phenoxy) is 1. The zero-order valence-corrected chi connectivity index (χ0v) is 22.1. The van der Waals surface area contributed by atoms with Crippen LogP contribution in [0.5, 0.6) is 0 Å².